The molecular weight excluding hydrogens is 262 g/mol. The summed E-state index contributed by atoms with van der Waals surface area (Å²) in [6.45, 7) is 0.488. The summed E-state index contributed by atoms with van der Waals surface area (Å²) < 4.78 is 0. The second-order valence-electron chi connectivity index (χ2n) is 4.31. The van der Waals surface area contributed by atoms with Crippen molar-refractivity contribution in [1.82, 2.24) is 4.90 Å². The number of rotatable bonds is 3. The van der Waals surface area contributed by atoms with E-state index < -0.39 is 0 Å². The number of nitrogens with zero attached hydrogens (tertiary/aromatic N) is 1. The SMILES string of the molecule is CN(Cc1ccccc1)C(=O)c1ccc(Cl)cc1O. The molecule has 2 aromatic rings. The van der Waals surface area contributed by atoms with Crippen molar-refractivity contribution in [3.63, 3.8) is 0 Å². The van der Waals surface area contributed by atoms with Crippen molar-refractivity contribution < 1.29 is 9.90 Å². The van der Waals surface area contributed by atoms with Gasteiger partial charge in [0, 0.05) is 18.6 Å². The fourth-order valence-electron chi connectivity index (χ4n) is 1.82. The predicted molar refractivity (Wildman–Crippen MR) is 75.4 cm³/mol. The van der Waals surface area contributed by atoms with Crippen LogP contribution in [0.15, 0.2) is 48.5 Å². The maximum atomic E-state index is 12.2. The average Bonchev–Trinajstić information content (AvgIpc) is 2.39. The minimum atomic E-state index is -0.238. The summed E-state index contributed by atoms with van der Waals surface area (Å²) in [6, 6.07) is 14.2. The van der Waals surface area contributed by atoms with E-state index in [9.17, 15) is 9.90 Å². The zero-order valence-electron chi connectivity index (χ0n) is 10.5. The quantitative estimate of drug-likeness (QED) is 0.933. The molecule has 98 valence electrons. The van der Waals surface area contributed by atoms with Crippen molar-refractivity contribution in [3.05, 3.63) is 64.7 Å². The third-order valence-electron chi connectivity index (χ3n) is 2.80. The Bertz CT molecular complexity index is 584. The molecule has 0 bridgehead atoms. The van der Waals surface area contributed by atoms with Crippen LogP contribution in [0.2, 0.25) is 5.02 Å². The fraction of sp³-hybridized carbons (Fsp3) is 0.133. The van der Waals surface area contributed by atoms with Gasteiger partial charge < -0.3 is 10.0 Å². The van der Waals surface area contributed by atoms with E-state index in [4.69, 9.17) is 11.6 Å². The third-order valence-corrected chi connectivity index (χ3v) is 3.03. The topological polar surface area (TPSA) is 40.5 Å². The maximum absolute atomic E-state index is 12.2. The summed E-state index contributed by atoms with van der Waals surface area (Å²) in [5.41, 5.74) is 1.29. The van der Waals surface area contributed by atoms with Gasteiger partial charge in [0.1, 0.15) is 5.75 Å². The maximum Gasteiger partial charge on any atom is 0.257 e. The molecule has 4 heteroatoms. The van der Waals surface area contributed by atoms with Crippen molar-refractivity contribution in [1.29, 1.82) is 0 Å². The molecule has 2 rings (SSSR count). The first-order valence-electron chi connectivity index (χ1n) is 5.86. The highest BCUT2D eigenvalue weighted by Gasteiger charge is 2.16. The van der Waals surface area contributed by atoms with E-state index in [1.165, 1.54) is 12.1 Å². The van der Waals surface area contributed by atoms with Gasteiger partial charge in [-0.1, -0.05) is 41.9 Å². The van der Waals surface area contributed by atoms with Crippen molar-refractivity contribution in [2.75, 3.05) is 7.05 Å². The first-order chi connectivity index (χ1) is 9.08. The number of halogens is 1. The van der Waals surface area contributed by atoms with Gasteiger partial charge in [-0.25, -0.2) is 0 Å². The molecule has 0 unspecified atom stereocenters. The molecule has 0 radical (unpaired) electrons. The van der Waals surface area contributed by atoms with E-state index in [1.54, 1.807) is 18.0 Å². The van der Waals surface area contributed by atoms with Crippen LogP contribution >= 0.6 is 11.6 Å². The van der Waals surface area contributed by atoms with Crippen molar-refractivity contribution >= 4 is 17.5 Å². The molecule has 0 aromatic heterocycles. The molecule has 0 spiro atoms. The molecule has 0 heterocycles. The molecule has 0 aliphatic heterocycles. The first-order valence-corrected chi connectivity index (χ1v) is 6.23. The Balaban J connectivity index is 2.15. The van der Waals surface area contributed by atoms with Gasteiger partial charge in [0.25, 0.3) is 5.91 Å². The summed E-state index contributed by atoms with van der Waals surface area (Å²) in [7, 11) is 1.70. The predicted octanol–water partition coefficient (Wildman–Crippen LogP) is 3.32. The van der Waals surface area contributed by atoms with E-state index in [2.05, 4.69) is 0 Å². The lowest BCUT2D eigenvalue weighted by atomic mass is 10.1. The molecule has 1 amide bonds. The van der Waals surface area contributed by atoms with Gasteiger partial charge in [-0.05, 0) is 23.8 Å². The number of hydrogen-bond donors (Lipinski definition) is 1. The standard InChI is InChI=1S/C15H14ClNO2/c1-17(10-11-5-3-2-4-6-11)15(19)13-8-7-12(16)9-14(13)18/h2-9,18H,10H2,1H3. The lowest BCUT2D eigenvalue weighted by Gasteiger charge is -2.18. The van der Waals surface area contributed by atoms with Gasteiger partial charge in [0.15, 0.2) is 0 Å². The van der Waals surface area contributed by atoms with Crippen LogP contribution < -0.4 is 0 Å². The van der Waals surface area contributed by atoms with Crippen LogP contribution in [0.4, 0.5) is 0 Å². The van der Waals surface area contributed by atoms with Crippen molar-refractivity contribution in [3.8, 4) is 5.75 Å². The lowest BCUT2D eigenvalue weighted by Crippen LogP contribution is -2.26. The van der Waals surface area contributed by atoms with Gasteiger partial charge in [-0.2, -0.15) is 0 Å². The number of carbonyl (C=O) groups excluding carboxylic acids is 1. The molecule has 3 nitrogen and oxygen atoms in total. The molecule has 0 atom stereocenters. The summed E-state index contributed by atoms with van der Waals surface area (Å²) >= 11 is 5.75. The van der Waals surface area contributed by atoms with E-state index >= 15 is 0 Å². The summed E-state index contributed by atoms with van der Waals surface area (Å²) in [4.78, 5) is 13.8. The van der Waals surface area contributed by atoms with Crippen LogP contribution in [0.3, 0.4) is 0 Å². The van der Waals surface area contributed by atoms with Crippen molar-refractivity contribution in [2.24, 2.45) is 0 Å². The van der Waals surface area contributed by atoms with Crippen LogP contribution in [0.25, 0.3) is 0 Å². The number of phenols is 1. The van der Waals surface area contributed by atoms with E-state index in [0.717, 1.165) is 5.56 Å². The van der Waals surface area contributed by atoms with Gasteiger partial charge in [0.2, 0.25) is 0 Å². The molecule has 1 N–H and O–H groups in total. The first kappa shape index (κ1) is 13.4. The van der Waals surface area contributed by atoms with Gasteiger partial charge >= 0.3 is 0 Å². The van der Waals surface area contributed by atoms with Crippen LogP contribution in [-0.4, -0.2) is 23.0 Å². The number of amides is 1. The highest BCUT2D eigenvalue weighted by atomic mass is 35.5. The number of benzene rings is 2. The number of hydrogen-bond acceptors (Lipinski definition) is 2. The second-order valence-corrected chi connectivity index (χ2v) is 4.74. The summed E-state index contributed by atoms with van der Waals surface area (Å²) in [6.07, 6.45) is 0. The molecular formula is C15H14ClNO2. The Morgan fingerprint density at radius 1 is 1.21 bits per heavy atom. The summed E-state index contributed by atoms with van der Waals surface area (Å²) in [5.74, 6) is -0.338. The van der Waals surface area contributed by atoms with E-state index in [1.807, 2.05) is 30.3 Å². The molecule has 19 heavy (non-hydrogen) atoms. The van der Waals surface area contributed by atoms with E-state index in [-0.39, 0.29) is 17.2 Å². The highest BCUT2D eigenvalue weighted by Crippen LogP contribution is 2.23. The fourth-order valence-corrected chi connectivity index (χ4v) is 1.99. The number of phenolic OH excluding ortho intramolecular Hbond substituents is 1. The Labute approximate surface area is 117 Å². The van der Waals surface area contributed by atoms with Crippen LogP contribution in [-0.2, 0) is 6.54 Å². The number of carbonyl (C=O) groups is 1. The molecule has 0 saturated carbocycles. The molecule has 2 aromatic carbocycles. The number of aromatic hydroxyl groups is 1. The van der Waals surface area contributed by atoms with Crippen LogP contribution in [0.1, 0.15) is 15.9 Å². The molecule has 0 aliphatic carbocycles. The minimum absolute atomic E-state index is 0.0996. The molecule has 0 fully saturated rings. The van der Waals surface area contributed by atoms with E-state index in [0.29, 0.717) is 11.6 Å². The largest absolute Gasteiger partial charge is 0.507 e. The normalized spacial score (nSPS) is 10.2. The Morgan fingerprint density at radius 3 is 2.53 bits per heavy atom. The smallest absolute Gasteiger partial charge is 0.257 e. The Morgan fingerprint density at radius 2 is 1.89 bits per heavy atom. The average molecular weight is 276 g/mol. The van der Waals surface area contributed by atoms with Crippen LogP contribution in [0, 0.1) is 0 Å². The van der Waals surface area contributed by atoms with Crippen LogP contribution in [0.5, 0.6) is 5.75 Å². The second kappa shape index (κ2) is 5.76. The summed E-state index contributed by atoms with van der Waals surface area (Å²) in [5, 5.41) is 10.1. The lowest BCUT2D eigenvalue weighted by molar-refractivity contribution is 0.0782. The van der Waals surface area contributed by atoms with Gasteiger partial charge in [-0.15, -0.1) is 0 Å². The van der Waals surface area contributed by atoms with Gasteiger partial charge in [0.05, 0.1) is 5.56 Å². The minimum Gasteiger partial charge on any atom is -0.507 e. The van der Waals surface area contributed by atoms with Crippen molar-refractivity contribution in [2.45, 2.75) is 6.54 Å². The molecule has 0 saturated heterocycles. The monoisotopic (exact) mass is 275 g/mol. The van der Waals surface area contributed by atoms with Gasteiger partial charge in [-0.3, -0.25) is 4.79 Å². The molecule has 0 aliphatic rings. The Kier molecular flexibility index (Phi) is 4.07. The zero-order chi connectivity index (χ0) is 13.8. The Hall–Kier alpha value is -2.00. The highest BCUT2D eigenvalue weighted by molar-refractivity contribution is 6.30. The third kappa shape index (κ3) is 3.26. The zero-order valence-corrected chi connectivity index (χ0v) is 11.3.